The van der Waals surface area contributed by atoms with Gasteiger partial charge in [-0.05, 0) is 51.2 Å². The number of hydrogen-bond acceptors (Lipinski definition) is 6. The van der Waals surface area contributed by atoms with E-state index in [1.807, 2.05) is 24.0 Å². The van der Waals surface area contributed by atoms with Crippen LogP contribution in [0.5, 0.6) is 0 Å². The smallest absolute Gasteiger partial charge is 0.328 e. The number of urea groups is 1. The number of carboxylic acid groups (broad SMARTS) is 1. The molecule has 0 aromatic carbocycles. The van der Waals surface area contributed by atoms with Crippen molar-refractivity contribution >= 4 is 35.8 Å². The van der Waals surface area contributed by atoms with E-state index in [-0.39, 0.29) is 11.8 Å². The second-order valence-corrected chi connectivity index (χ2v) is 9.05. The number of aliphatic carboxylic acids is 1. The number of carbonyl (C=O) groups is 4. The van der Waals surface area contributed by atoms with Gasteiger partial charge in [0.1, 0.15) is 5.82 Å². The Hall–Kier alpha value is -3.17. The highest BCUT2D eigenvalue weighted by Gasteiger charge is 2.39. The van der Waals surface area contributed by atoms with Crippen molar-refractivity contribution in [1.82, 2.24) is 15.2 Å². The fourth-order valence-corrected chi connectivity index (χ4v) is 4.47. The molecule has 10 heteroatoms. The zero-order valence-electron chi connectivity index (χ0n) is 19.3. The van der Waals surface area contributed by atoms with Crippen LogP contribution in [0.4, 0.5) is 16.3 Å². The van der Waals surface area contributed by atoms with E-state index in [0.29, 0.717) is 57.7 Å². The van der Waals surface area contributed by atoms with Crippen molar-refractivity contribution in [3.05, 3.63) is 18.3 Å². The Bertz CT molecular complexity index is 858. The number of aromatic nitrogens is 1. The van der Waals surface area contributed by atoms with Gasteiger partial charge in [-0.2, -0.15) is 0 Å². The number of amides is 4. The highest BCUT2D eigenvalue weighted by molar-refractivity contribution is 5.97. The normalized spacial score (nSPS) is 18.5. The Morgan fingerprint density at radius 2 is 1.88 bits per heavy atom. The lowest BCUT2D eigenvalue weighted by Crippen LogP contribution is -2.48. The first-order valence-electron chi connectivity index (χ1n) is 11.5. The zero-order chi connectivity index (χ0) is 24.0. The number of imide groups is 1. The average Bonchev–Trinajstić information content (AvgIpc) is 2.83. The highest BCUT2D eigenvalue weighted by atomic mass is 16.4. The van der Waals surface area contributed by atoms with E-state index in [4.69, 9.17) is 0 Å². The van der Waals surface area contributed by atoms with E-state index in [2.05, 4.69) is 15.2 Å². The molecule has 0 saturated carbocycles. The number of rotatable bonds is 7. The van der Waals surface area contributed by atoms with Crippen molar-refractivity contribution in [3.8, 4) is 0 Å². The Morgan fingerprint density at radius 1 is 1.21 bits per heavy atom. The van der Waals surface area contributed by atoms with Crippen LogP contribution in [0.25, 0.3) is 0 Å². The molecule has 1 aromatic heterocycles. The number of anilines is 2. The Balaban J connectivity index is 1.54. The van der Waals surface area contributed by atoms with Crippen LogP contribution in [0.2, 0.25) is 0 Å². The summed E-state index contributed by atoms with van der Waals surface area (Å²) in [5.74, 6) is 0.0688. The minimum Gasteiger partial charge on any atom is -0.481 e. The molecular formula is C23H33N5O5. The number of hydrogen-bond donors (Lipinski definition) is 2. The molecule has 3 rings (SSSR count). The largest absolute Gasteiger partial charge is 0.481 e. The van der Waals surface area contributed by atoms with Crippen LogP contribution in [0.3, 0.4) is 0 Å². The quantitative estimate of drug-likeness (QED) is 0.599. The third-order valence-corrected chi connectivity index (χ3v) is 6.78. The molecule has 4 amide bonds. The van der Waals surface area contributed by atoms with Gasteiger partial charge < -0.3 is 14.9 Å². The lowest BCUT2D eigenvalue weighted by Gasteiger charge is -2.39. The summed E-state index contributed by atoms with van der Waals surface area (Å²) in [6.07, 6.45) is 5.15. The standard InChI is InChI=1S/C23H33N5O5/c1-3-10-28(22(33)25-16-29)18-4-5-19(24-15-18)26-11-6-17(7-12-26)20(30)27-13-8-23(2,9-14-27)21(31)32/h4-5,15-17H,3,6-14H2,1-2H3,(H,31,32)(H,25,29,33). The van der Waals surface area contributed by atoms with E-state index >= 15 is 0 Å². The molecule has 2 N–H and O–H groups in total. The van der Waals surface area contributed by atoms with Gasteiger partial charge in [0.05, 0.1) is 17.3 Å². The number of nitrogens with one attached hydrogen (secondary N) is 1. The summed E-state index contributed by atoms with van der Waals surface area (Å²) in [4.78, 5) is 57.0. The maximum absolute atomic E-state index is 13.0. The molecule has 0 atom stereocenters. The maximum atomic E-state index is 13.0. The van der Waals surface area contributed by atoms with Crippen LogP contribution in [-0.2, 0) is 14.4 Å². The van der Waals surface area contributed by atoms with Gasteiger partial charge in [0.25, 0.3) is 0 Å². The summed E-state index contributed by atoms with van der Waals surface area (Å²) in [5.41, 5.74) is -0.123. The minimum absolute atomic E-state index is 0.0539. The number of piperidine rings is 2. The molecule has 1 aromatic rings. The average molecular weight is 460 g/mol. The topological polar surface area (TPSA) is 123 Å². The summed E-state index contributed by atoms with van der Waals surface area (Å²) in [6.45, 7) is 6.57. The monoisotopic (exact) mass is 459 g/mol. The zero-order valence-corrected chi connectivity index (χ0v) is 19.3. The molecule has 0 unspecified atom stereocenters. The van der Waals surface area contributed by atoms with Gasteiger partial charge in [-0.1, -0.05) is 6.92 Å². The fourth-order valence-electron chi connectivity index (χ4n) is 4.47. The van der Waals surface area contributed by atoms with Gasteiger partial charge in [0.15, 0.2) is 0 Å². The number of carbonyl (C=O) groups excluding carboxylic acids is 3. The van der Waals surface area contributed by atoms with Crippen molar-refractivity contribution in [2.24, 2.45) is 11.3 Å². The van der Waals surface area contributed by atoms with E-state index in [0.717, 1.165) is 25.1 Å². The lowest BCUT2D eigenvalue weighted by atomic mass is 9.80. The molecule has 10 nitrogen and oxygen atoms in total. The van der Waals surface area contributed by atoms with Crippen LogP contribution in [0, 0.1) is 11.3 Å². The summed E-state index contributed by atoms with van der Waals surface area (Å²) >= 11 is 0. The lowest BCUT2D eigenvalue weighted by molar-refractivity contribution is -0.153. The Morgan fingerprint density at radius 3 is 2.39 bits per heavy atom. The van der Waals surface area contributed by atoms with Crippen LogP contribution >= 0.6 is 0 Å². The molecule has 0 radical (unpaired) electrons. The molecule has 2 aliphatic heterocycles. The van der Waals surface area contributed by atoms with Crippen molar-refractivity contribution in [2.45, 2.75) is 46.0 Å². The molecule has 0 aliphatic carbocycles. The predicted molar refractivity (Wildman–Crippen MR) is 123 cm³/mol. The number of likely N-dealkylation sites (tertiary alicyclic amines) is 1. The van der Waals surface area contributed by atoms with Crippen LogP contribution < -0.4 is 15.1 Å². The van der Waals surface area contributed by atoms with Gasteiger partial charge in [0.2, 0.25) is 12.3 Å². The molecule has 2 aliphatic rings. The molecular weight excluding hydrogens is 426 g/mol. The molecule has 2 fully saturated rings. The summed E-state index contributed by atoms with van der Waals surface area (Å²) in [5, 5.41) is 11.5. The summed E-state index contributed by atoms with van der Waals surface area (Å²) in [6, 6.07) is 3.18. The van der Waals surface area contributed by atoms with Crippen LogP contribution in [-0.4, -0.2) is 72.0 Å². The first-order chi connectivity index (χ1) is 15.8. The van der Waals surface area contributed by atoms with E-state index in [1.54, 1.807) is 13.1 Å². The van der Waals surface area contributed by atoms with Crippen molar-refractivity contribution in [3.63, 3.8) is 0 Å². The van der Waals surface area contributed by atoms with Gasteiger partial charge in [-0.25, -0.2) is 9.78 Å². The molecule has 0 spiro atoms. The highest BCUT2D eigenvalue weighted by Crippen LogP contribution is 2.33. The predicted octanol–water partition coefficient (Wildman–Crippen LogP) is 2.09. The summed E-state index contributed by atoms with van der Waals surface area (Å²) in [7, 11) is 0. The van der Waals surface area contributed by atoms with Gasteiger partial charge in [-0.15, -0.1) is 0 Å². The second-order valence-electron chi connectivity index (χ2n) is 9.05. The van der Waals surface area contributed by atoms with Gasteiger partial charge in [-0.3, -0.25) is 24.6 Å². The van der Waals surface area contributed by atoms with Crippen molar-refractivity contribution in [1.29, 1.82) is 0 Å². The third-order valence-electron chi connectivity index (χ3n) is 6.78. The number of carboxylic acids is 1. The Kier molecular flexibility index (Phi) is 7.88. The van der Waals surface area contributed by atoms with E-state index < -0.39 is 17.4 Å². The SMILES string of the molecule is CCCN(C(=O)NC=O)c1ccc(N2CCC(C(=O)N3CCC(C)(C(=O)O)CC3)CC2)nc1. The molecule has 0 bridgehead atoms. The molecule has 3 heterocycles. The van der Waals surface area contributed by atoms with Crippen molar-refractivity contribution in [2.75, 3.05) is 42.5 Å². The first kappa shape index (κ1) is 24.5. The number of pyridine rings is 1. The molecule has 33 heavy (non-hydrogen) atoms. The number of nitrogens with zero attached hydrogens (tertiary/aromatic N) is 4. The Labute approximate surface area is 193 Å². The van der Waals surface area contributed by atoms with Crippen LogP contribution in [0.1, 0.15) is 46.0 Å². The molecule has 180 valence electrons. The maximum Gasteiger partial charge on any atom is 0.328 e. The fraction of sp³-hybridized carbons (Fsp3) is 0.609. The van der Waals surface area contributed by atoms with E-state index in [1.165, 1.54) is 4.90 Å². The van der Waals surface area contributed by atoms with Gasteiger partial charge in [0, 0.05) is 38.6 Å². The summed E-state index contributed by atoms with van der Waals surface area (Å²) < 4.78 is 0. The third kappa shape index (κ3) is 5.61. The first-order valence-corrected chi connectivity index (χ1v) is 11.5. The van der Waals surface area contributed by atoms with E-state index in [9.17, 15) is 24.3 Å². The van der Waals surface area contributed by atoms with Gasteiger partial charge >= 0.3 is 12.0 Å². The minimum atomic E-state index is -0.788. The second kappa shape index (κ2) is 10.6. The van der Waals surface area contributed by atoms with Crippen LogP contribution in [0.15, 0.2) is 18.3 Å². The van der Waals surface area contributed by atoms with Crippen molar-refractivity contribution < 1.29 is 24.3 Å². The molecule has 2 saturated heterocycles.